The number of nitrogens with two attached hydrogens (primary N) is 1. The van der Waals surface area contributed by atoms with Gasteiger partial charge in [-0.1, -0.05) is 23.2 Å². The lowest BCUT2D eigenvalue weighted by Gasteiger charge is -2.14. The van der Waals surface area contributed by atoms with E-state index in [9.17, 15) is 8.78 Å². The van der Waals surface area contributed by atoms with Crippen molar-refractivity contribution in [1.29, 1.82) is 0 Å². The van der Waals surface area contributed by atoms with Crippen LogP contribution in [0.25, 0.3) is 0 Å². The summed E-state index contributed by atoms with van der Waals surface area (Å²) < 4.78 is 27.4. The van der Waals surface area contributed by atoms with E-state index in [1.165, 1.54) is 19.1 Å². The van der Waals surface area contributed by atoms with Crippen molar-refractivity contribution < 1.29 is 8.78 Å². The molecule has 0 bridgehead atoms. The first-order valence-corrected chi connectivity index (χ1v) is 6.53. The lowest BCUT2D eigenvalue weighted by atomic mass is 10.1. The maximum absolute atomic E-state index is 13.8. The number of anilines is 3. The molecule has 0 fully saturated rings. The van der Waals surface area contributed by atoms with E-state index < -0.39 is 11.6 Å². The number of nitrogens with one attached hydrogen (secondary N) is 1. The number of hydrogen-bond acceptors (Lipinski definition) is 2. The van der Waals surface area contributed by atoms with Crippen LogP contribution in [0.4, 0.5) is 25.8 Å². The normalized spacial score (nSPS) is 10.7. The van der Waals surface area contributed by atoms with Gasteiger partial charge in [0.05, 0.1) is 15.7 Å². The second kappa shape index (κ2) is 5.46. The summed E-state index contributed by atoms with van der Waals surface area (Å²) in [4.78, 5) is 0. The van der Waals surface area contributed by atoms with E-state index in [0.29, 0.717) is 22.6 Å². The minimum Gasteiger partial charge on any atom is -0.398 e. The average molecular weight is 317 g/mol. The molecule has 0 amide bonds. The molecule has 2 nitrogen and oxygen atoms in total. The second-order valence-electron chi connectivity index (χ2n) is 4.45. The van der Waals surface area contributed by atoms with Crippen LogP contribution in [0, 0.1) is 25.5 Å². The molecule has 0 saturated carbocycles. The number of benzene rings is 2. The molecule has 0 spiro atoms. The van der Waals surface area contributed by atoms with Gasteiger partial charge in [0.25, 0.3) is 0 Å². The molecule has 3 N–H and O–H groups in total. The molecular formula is C14H12Cl2F2N2. The molecule has 2 rings (SSSR count). The predicted molar refractivity (Wildman–Crippen MR) is 80.0 cm³/mol. The zero-order valence-corrected chi connectivity index (χ0v) is 12.3. The Balaban J connectivity index is 2.48. The molecule has 2 aromatic rings. The highest BCUT2D eigenvalue weighted by molar-refractivity contribution is 6.36. The molecule has 6 heteroatoms. The van der Waals surface area contributed by atoms with Gasteiger partial charge in [0, 0.05) is 22.5 Å². The maximum atomic E-state index is 13.8. The van der Waals surface area contributed by atoms with Crippen LogP contribution in [0.5, 0.6) is 0 Å². The van der Waals surface area contributed by atoms with E-state index in [2.05, 4.69) is 5.32 Å². The van der Waals surface area contributed by atoms with Crippen molar-refractivity contribution in [2.45, 2.75) is 13.8 Å². The summed E-state index contributed by atoms with van der Waals surface area (Å²) in [5.74, 6) is -1.02. The molecular weight excluding hydrogens is 305 g/mol. The Kier molecular flexibility index (Phi) is 4.06. The number of hydrogen-bond donors (Lipinski definition) is 2. The van der Waals surface area contributed by atoms with Crippen LogP contribution in [0.15, 0.2) is 18.2 Å². The first-order valence-electron chi connectivity index (χ1n) is 5.78. The molecule has 0 radical (unpaired) electrons. The summed E-state index contributed by atoms with van der Waals surface area (Å²) in [6.07, 6.45) is 0. The van der Waals surface area contributed by atoms with E-state index in [1.807, 2.05) is 0 Å². The number of rotatable bonds is 2. The number of nitrogen functional groups attached to an aromatic ring is 1. The van der Waals surface area contributed by atoms with Gasteiger partial charge in [-0.15, -0.1) is 0 Å². The van der Waals surface area contributed by atoms with Crippen molar-refractivity contribution in [2.75, 3.05) is 11.1 Å². The third-order valence-electron chi connectivity index (χ3n) is 3.06. The van der Waals surface area contributed by atoms with Crippen LogP contribution in [0.2, 0.25) is 10.0 Å². The average Bonchev–Trinajstić information content (AvgIpc) is 2.38. The number of halogens is 4. The summed E-state index contributed by atoms with van der Waals surface area (Å²) in [7, 11) is 0. The monoisotopic (exact) mass is 316 g/mol. The Bertz CT molecular complexity index is 664. The highest BCUT2D eigenvalue weighted by atomic mass is 35.5. The Labute approximate surface area is 125 Å². The van der Waals surface area contributed by atoms with Gasteiger partial charge >= 0.3 is 0 Å². The molecule has 0 saturated heterocycles. The molecule has 20 heavy (non-hydrogen) atoms. The third-order valence-corrected chi connectivity index (χ3v) is 3.63. The SMILES string of the molecule is Cc1c(N)cc(Nc2c(Cl)cc(Cl)c(F)c2C)cc1F. The maximum Gasteiger partial charge on any atom is 0.146 e. The quantitative estimate of drug-likeness (QED) is 0.589. The van der Waals surface area contributed by atoms with Crippen molar-refractivity contribution in [3.05, 3.63) is 51.0 Å². The summed E-state index contributed by atoms with van der Waals surface area (Å²) >= 11 is 11.7. The van der Waals surface area contributed by atoms with Crippen LogP contribution in [-0.4, -0.2) is 0 Å². The van der Waals surface area contributed by atoms with Gasteiger partial charge in [0.1, 0.15) is 11.6 Å². The second-order valence-corrected chi connectivity index (χ2v) is 5.27. The van der Waals surface area contributed by atoms with Gasteiger partial charge in [0.15, 0.2) is 0 Å². The van der Waals surface area contributed by atoms with Crippen LogP contribution >= 0.6 is 23.2 Å². The summed E-state index contributed by atoms with van der Waals surface area (Å²) in [6.45, 7) is 3.11. The van der Waals surface area contributed by atoms with Crippen molar-refractivity contribution in [1.82, 2.24) is 0 Å². The zero-order valence-electron chi connectivity index (χ0n) is 10.8. The van der Waals surface area contributed by atoms with E-state index in [-0.39, 0.29) is 15.6 Å². The molecule has 0 atom stereocenters. The zero-order chi connectivity index (χ0) is 15.0. The minimum absolute atomic E-state index is 0.0624. The lowest BCUT2D eigenvalue weighted by molar-refractivity contribution is 0.619. The Morgan fingerprint density at radius 2 is 1.65 bits per heavy atom. The summed E-state index contributed by atoms with van der Waals surface area (Å²) in [5, 5.41) is 3.05. The fourth-order valence-corrected chi connectivity index (χ4v) is 2.39. The Morgan fingerprint density at radius 3 is 2.25 bits per heavy atom. The molecule has 0 aromatic heterocycles. The summed E-state index contributed by atoms with van der Waals surface area (Å²) in [5.41, 5.74) is 7.33. The topological polar surface area (TPSA) is 38.0 Å². The van der Waals surface area contributed by atoms with E-state index in [0.717, 1.165) is 0 Å². The van der Waals surface area contributed by atoms with Gasteiger partial charge < -0.3 is 11.1 Å². The third kappa shape index (κ3) is 2.67. The molecule has 0 aliphatic rings. The smallest absolute Gasteiger partial charge is 0.146 e. The minimum atomic E-state index is -0.570. The van der Waals surface area contributed by atoms with E-state index >= 15 is 0 Å². The largest absolute Gasteiger partial charge is 0.398 e. The highest BCUT2D eigenvalue weighted by Gasteiger charge is 2.14. The lowest BCUT2D eigenvalue weighted by Crippen LogP contribution is -2.00. The van der Waals surface area contributed by atoms with Crippen LogP contribution in [0.3, 0.4) is 0 Å². The van der Waals surface area contributed by atoms with Crippen LogP contribution < -0.4 is 11.1 Å². The molecule has 0 aliphatic heterocycles. The van der Waals surface area contributed by atoms with E-state index in [1.54, 1.807) is 13.0 Å². The standard InChI is InChI=1S/C14H12Cl2F2N2/c1-6-11(17)3-8(4-12(6)19)20-14-7(2)13(18)9(15)5-10(14)16/h3-5,20H,19H2,1-2H3. The van der Waals surface area contributed by atoms with Crippen molar-refractivity contribution in [3.63, 3.8) is 0 Å². The van der Waals surface area contributed by atoms with Crippen molar-refractivity contribution >= 4 is 40.3 Å². The van der Waals surface area contributed by atoms with Gasteiger partial charge in [-0.3, -0.25) is 0 Å². The van der Waals surface area contributed by atoms with Crippen LogP contribution in [-0.2, 0) is 0 Å². The molecule has 0 unspecified atom stereocenters. The van der Waals surface area contributed by atoms with Gasteiger partial charge in [-0.25, -0.2) is 8.78 Å². The first kappa shape index (κ1) is 14.9. The molecule has 106 valence electrons. The van der Waals surface area contributed by atoms with Crippen LogP contribution in [0.1, 0.15) is 11.1 Å². The highest BCUT2D eigenvalue weighted by Crippen LogP contribution is 2.35. The summed E-state index contributed by atoms with van der Waals surface area (Å²) in [6, 6.07) is 4.12. The Hall–Kier alpha value is -1.52. The van der Waals surface area contributed by atoms with Gasteiger partial charge in [-0.05, 0) is 32.0 Å². The first-order chi connectivity index (χ1) is 9.31. The fourth-order valence-electron chi connectivity index (χ4n) is 1.78. The Morgan fingerprint density at radius 1 is 1.00 bits per heavy atom. The molecule has 0 aliphatic carbocycles. The predicted octanol–water partition coefficient (Wildman–Crippen LogP) is 5.21. The van der Waals surface area contributed by atoms with Crippen molar-refractivity contribution in [3.8, 4) is 0 Å². The fraction of sp³-hybridized carbons (Fsp3) is 0.143. The van der Waals surface area contributed by atoms with Gasteiger partial charge in [-0.2, -0.15) is 0 Å². The molecule has 2 aromatic carbocycles. The van der Waals surface area contributed by atoms with Gasteiger partial charge in [0.2, 0.25) is 0 Å². The molecule has 0 heterocycles. The van der Waals surface area contributed by atoms with Crippen molar-refractivity contribution in [2.24, 2.45) is 0 Å². The van der Waals surface area contributed by atoms with E-state index in [4.69, 9.17) is 28.9 Å².